The number of fused-ring (bicyclic) bond motifs is 4. The normalized spacial score (nSPS) is 17.8. The van der Waals surface area contributed by atoms with Crippen LogP contribution in [0.2, 0.25) is 0 Å². The lowest BCUT2D eigenvalue weighted by molar-refractivity contribution is -0.121. The number of carbonyl (C=O) groups excluding carboxylic acids is 1. The Bertz CT molecular complexity index is 956. The SMILES string of the molecule is C=N/C=C\C=C1/NCCCNC(=O)CCN(C)Cc2cccc(c2)Nc2ncnc1n2. The van der Waals surface area contributed by atoms with Crippen molar-refractivity contribution in [3.05, 3.63) is 60.3 Å². The van der Waals surface area contributed by atoms with Gasteiger partial charge in [0.1, 0.15) is 6.33 Å². The zero-order chi connectivity index (χ0) is 21.9. The van der Waals surface area contributed by atoms with Crippen LogP contribution in [-0.4, -0.2) is 59.2 Å². The molecule has 3 N–H and O–H groups in total. The minimum atomic E-state index is 0.0567. The summed E-state index contributed by atoms with van der Waals surface area (Å²) in [6.45, 7) is 6.12. The van der Waals surface area contributed by atoms with Gasteiger partial charge in [-0.2, -0.15) is 4.98 Å². The summed E-state index contributed by atoms with van der Waals surface area (Å²) in [5, 5.41) is 9.55. The van der Waals surface area contributed by atoms with Gasteiger partial charge in [-0.15, -0.1) is 0 Å². The fraction of sp³-hybridized carbons (Fsp3) is 0.318. The largest absolute Gasteiger partial charge is 0.382 e. The summed E-state index contributed by atoms with van der Waals surface area (Å²) in [5.41, 5.74) is 2.75. The number of amides is 1. The zero-order valence-electron chi connectivity index (χ0n) is 17.7. The molecule has 0 spiro atoms. The molecule has 3 rings (SSSR count). The van der Waals surface area contributed by atoms with Crippen LogP contribution in [0.1, 0.15) is 24.2 Å². The Kier molecular flexibility index (Phi) is 8.24. The number of aliphatic imine (C=N–C) groups is 1. The van der Waals surface area contributed by atoms with Gasteiger partial charge in [-0.25, -0.2) is 9.97 Å². The summed E-state index contributed by atoms with van der Waals surface area (Å²) in [6.07, 6.45) is 7.90. The van der Waals surface area contributed by atoms with Gasteiger partial charge in [0.25, 0.3) is 0 Å². The number of allylic oxidation sites excluding steroid dienone is 2. The number of carbonyl (C=O) groups is 1. The van der Waals surface area contributed by atoms with Crippen molar-refractivity contribution in [3.63, 3.8) is 0 Å². The Hall–Kier alpha value is -3.59. The molecule has 1 aliphatic rings. The van der Waals surface area contributed by atoms with Crippen molar-refractivity contribution in [2.75, 3.05) is 32.0 Å². The van der Waals surface area contributed by atoms with Gasteiger partial charge in [0.05, 0.1) is 5.70 Å². The molecule has 1 aromatic heterocycles. The number of anilines is 2. The summed E-state index contributed by atoms with van der Waals surface area (Å²) in [6, 6.07) is 8.06. The van der Waals surface area contributed by atoms with Gasteiger partial charge in [0.15, 0.2) is 5.82 Å². The van der Waals surface area contributed by atoms with E-state index >= 15 is 0 Å². The minimum absolute atomic E-state index is 0.0567. The lowest BCUT2D eigenvalue weighted by atomic mass is 10.2. The number of hydrogen-bond acceptors (Lipinski definition) is 8. The monoisotopic (exact) mass is 420 g/mol. The molecule has 9 heteroatoms. The highest BCUT2D eigenvalue weighted by molar-refractivity contribution is 5.76. The summed E-state index contributed by atoms with van der Waals surface area (Å²) in [5.74, 6) is 1.02. The maximum atomic E-state index is 12.1. The van der Waals surface area contributed by atoms with Crippen LogP contribution in [0.15, 0.2) is 53.9 Å². The molecular formula is C22H28N8O. The predicted octanol–water partition coefficient (Wildman–Crippen LogP) is 2.10. The highest BCUT2D eigenvalue weighted by Gasteiger charge is 2.09. The third kappa shape index (κ3) is 7.31. The smallest absolute Gasteiger partial charge is 0.230 e. The molecule has 0 saturated heterocycles. The van der Waals surface area contributed by atoms with E-state index in [1.165, 1.54) is 6.33 Å². The van der Waals surface area contributed by atoms with Gasteiger partial charge >= 0.3 is 0 Å². The van der Waals surface area contributed by atoms with Gasteiger partial charge in [0, 0.05) is 44.5 Å². The van der Waals surface area contributed by atoms with Gasteiger partial charge in [0.2, 0.25) is 11.9 Å². The molecular weight excluding hydrogens is 392 g/mol. The van der Waals surface area contributed by atoms with Crippen LogP contribution in [0.4, 0.5) is 11.6 Å². The Labute approximate surface area is 182 Å². The zero-order valence-corrected chi connectivity index (χ0v) is 17.7. The molecule has 1 amide bonds. The first-order valence-corrected chi connectivity index (χ1v) is 10.2. The molecule has 9 nitrogen and oxygen atoms in total. The van der Waals surface area contributed by atoms with E-state index in [2.05, 4.69) is 59.6 Å². The lowest BCUT2D eigenvalue weighted by Gasteiger charge is -2.17. The molecule has 0 fully saturated rings. The Balaban J connectivity index is 1.87. The molecule has 0 unspecified atom stereocenters. The fourth-order valence-electron chi connectivity index (χ4n) is 3.09. The molecule has 162 valence electrons. The van der Waals surface area contributed by atoms with Gasteiger partial charge in [-0.1, -0.05) is 12.1 Å². The predicted molar refractivity (Wildman–Crippen MR) is 123 cm³/mol. The van der Waals surface area contributed by atoms with Crippen LogP contribution < -0.4 is 16.0 Å². The highest BCUT2D eigenvalue weighted by atomic mass is 16.1. The first-order chi connectivity index (χ1) is 15.1. The quantitative estimate of drug-likeness (QED) is 0.639. The van der Waals surface area contributed by atoms with Crippen LogP contribution in [-0.2, 0) is 11.3 Å². The van der Waals surface area contributed by atoms with E-state index in [4.69, 9.17) is 0 Å². The topological polar surface area (TPSA) is 107 Å². The van der Waals surface area contributed by atoms with Gasteiger partial charge in [-0.3, -0.25) is 9.79 Å². The first-order valence-electron chi connectivity index (χ1n) is 10.2. The number of rotatable bonds is 2. The van der Waals surface area contributed by atoms with Gasteiger partial charge in [-0.05, 0) is 50.0 Å². The van der Waals surface area contributed by atoms with Crippen molar-refractivity contribution >= 4 is 30.0 Å². The molecule has 1 aromatic carbocycles. The molecule has 2 aromatic rings. The Morgan fingerprint density at radius 2 is 2.10 bits per heavy atom. The average Bonchev–Trinajstić information content (AvgIpc) is 2.76. The molecule has 1 aliphatic heterocycles. The van der Waals surface area contributed by atoms with Gasteiger partial charge < -0.3 is 20.9 Å². The lowest BCUT2D eigenvalue weighted by Crippen LogP contribution is -2.30. The molecule has 2 heterocycles. The summed E-state index contributed by atoms with van der Waals surface area (Å²) >= 11 is 0. The van der Waals surface area contributed by atoms with Crippen LogP contribution in [0, 0.1) is 0 Å². The van der Waals surface area contributed by atoms with Crippen molar-refractivity contribution in [2.24, 2.45) is 4.99 Å². The van der Waals surface area contributed by atoms with E-state index in [-0.39, 0.29) is 5.91 Å². The third-order valence-electron chi connectivity index (χ3n) is 4.61. The van der Waals surface area contributed by atoms with E-state index in [9.17, 15) is 4.79 Å². The van der Waals surface area contributed by atoms with Crippen LogP contribution in [0.3, 0.4) is 0 Å². The molecule has 4 bridgehead atoms. The molecule has 0 radical (unpaired) electrons. The second-order valence-corrected chi connectivity index (χ2v) is 7.18. The molecule has 0 aliphatic carbocycles. The summed E-state index contributed by atoms with van der Waals surface area (Å²) in [4.78, 5) is 31.1. The van der Waals surface area contributed by atoms with Crippen LogP contribution in [0.25, 0.3) is 5.70 Å². The van der Waals surface area contributed by atoms with E-state index in [0.29, 0.717) is 37.8 Å². The standard InChI is InChI=1S/C22H28N8O/c1-23-10-4-8-19-21-26-16-27-22(29-21)28-18-7-3-6-17(14-18)15-30(2)13-9-20(31)25-12-5-11-24-19/h3-4,6-8,10,14,16,24H,1,5,9,11-13,15H2,2H3,(H,25,31)(H,26,27,28,29)/b10-4-,19-8-. The average molecular weight is 421 g/mol. The maximum absolute atomic E-state index is 12.1. The summed E-state index contributed by atoms with van der Waals surface area (Å²) < 4.78 is 0. The number of benzene rings is 1. The van der Waals surface area contributed by atoms with Crippen molar-refractivity contribution < 1.29 is 4.79 Å². The minimum Gasteiger partial charge on any atom is -0.382 e. The number of hydrogen-bond donors (Lipinski definition) is 3. The molecule has 0 saturated carbocycles. The molecule has 31 heavy (non-hydrogen) atoms. The Morgan fingerprint density at radius 3 is 2.97 bits per heavy atom. The van der Waals surface area contributed by atoms with Crippen molar-refractivity contribution in [1.82, 2.24) is 30.5 Å². The van der Waals surface area contributed by atoms with Crippen molar-refractivity contribution in [2.45, 2.75) is 19.4 Å². The fourth-order valence-corrected chi connectivity index (χ4v) is 3.09. The van der Waals surface area contributed by atoms with E-state index in [1.54, 1.807) is 12.3 Å². The Morgan fingerprint density at radius 1 is 1.23 bits per heavy atom. The number of aromatic nitrogens is 3. The van der Waals surface area contributed by atoms with Crippen molar-refractivity contribution in [3.8, 4) is 0 Å². The second-order valence-electron chi connectivity index (χ2n) is 7.18. The third-order valence-corrected chi connectivity index (χ3v) is 4.61. The maximum Gasteiger partial charge on any atom is 0.230 e. The van der Waals surface area contributed by atoms with Crippen molar-refractivity contribution in [1.29, 1.82) is 0 Å². The second kappa shape index (κ2) is 11.6. The number of nitrogens with zero attached hydrogens (tertiary/aromatic N) is 5. The highest BCUT2D eigenvalue weighted by Crippen LogP contribution is 2.17. The van der Waals surface area contributed by atoms with Crippen LogP contribution in [0.5, 0.6) is 0 Å². The summed E-state index contributed by atoms with van der Waals surface area (Å²) in [7, 11) is 2.01. The van der Waals surface area contributed by atoms with E-state index in [1.807, 2.05) is 25.3 Å². The van der Waals surface area contributed by atoms with E-state index in [0.717, 1.165) is 29.9 Å². The first kappa shape index (κ1) is 22.1. The van der Waals surface area contributed by atoms with Crippen LogP contribution >= 0.6 is 0 Å². The number of nitrogens with one attached hydrogen (secondary N) is 3. The van der Waals surface area contributed by atoms with E-state index < -0.39 is 0 Å². The molecule has 0 atom stereocenters.